The Morgan fingerprint density at radius 1 is 1.17 bits per heavy atom. The Kier molecular flexibility index (Phi) is 5.78. The van der Waals surface area contributed by atoms with Crippen molar-refractivity contribution < 1.29 is 27.5 Å². The van der Waals surface area contributed by atoms with E-state index in [0.29, 0.717) is 11.3 Å². The molecular weight excluding hydrogens is 400 g/mol. The van der Waals surface area contributed by atoms with Crippen molar-refractivity contribution in [3.63, 3.8) is 0 Å². The largest absolute Gasteiger partial charge is 0.452 e. The molecule has 2 amide bonds. The number of hydrogen-bond acceptors (Lipinski definition) is 7. The van der Waals surface area contributed by atoms with Gasteiger partial charge in [-0.1, -0.05) is 0 Å². The molecule has 0 spiro atoms. The van der Waals surface area contributed by atoms with Crippen LogP contribution < -0.4 is 10.6 Å². The highest BCUT2D eigenvalue weighted by Crippen LogP contribution is 2.16. The molecule has 0 fully saturated rings. The van der Waals surface area contributed by atoms with E-state index in [2.05, 4.69) is 15.0 Å². The first-order chi connectivity index (χ1) is 13.8. The highest BCUT2D eigenvalue weighted by Gasteiger charge is 2.25. The van der Waals surface area contributed by atoms with Crippen molar-refractivity contribution in [2.24, 2.45) is 4.40 Å². The van der Waals surface area contributed by atoms with Gasteiger partial charge in [-0.15, -0.1) is 4.40 Å². The minimum Gasteiger partial charge on any atom is -0.452 e. The summed E-state index contributed by atoms with van der Waals surface area (Å²) >= 11 is 0. The highest BCUT2D eigenvalue weighted by atomic mass is 32.2. The summed E-state index contributed by atoms with van der Waals surface area (Å²) in [5.41, 5.74) is 1.07. The van der Waals surface area contributed by atoms with Gasteiger partial charge < -0.3 is 20.3 Å². The molecule has 2 heterocycles. The molecule has 1 aromatic rings. The molecule has 0 atom stereocenters. The Labute approximate surface area is 167 Å². The lowest BCUT2D eigenvalue weighted by Gasteiger charge is -2.26. The van der Waals surface area contributed by atoms with Crippen LogP contribution in [-0.2, 0) is 24.3 Å². The van der Waals surface area contributed by atoms with Gasteiger partial charge in [-0.3, -0.25) is 9.59 Å². The molecule has 0 saturated carbocycles. The third kappa shape index (κ3) is 5.08. The number of amidine groups is 1. The Morgan fingerprint density at radius 2 is 1.90 bits per heavy atom. The first kappa shape index (κ1) is 20.3. The van der Waals surface area contributed by atoms with Crippen molar-refractivity contribution in [2.45, 2.75) is 0 Å². The van der Waals surface area contributed by atoms with Crippen LogP contribution in [0.3, 0.4) is 0 Å². The SMILES string of the molecule is CNC(=O)c1ccc(NC(=O)COC(=O)C2=CN3CCS(=O)(=O)N=C3C=C2)cc1. The van der Waals surface area contributed by atoms with Gasteiger partial charge in [0, 0.05) is 31.0 Å². The van der Waals surface area contributed by atoms with Gasteiger partial charge in [0.1, 0.15) is 5.84 Å². The van der Waals surface area contributed by atoms with E-state index in [-0.39, 0.29) is 29.6 Å². The van der Waals surface area contributed by atoms with E-state index < -0.39 is 28.5 Å². The van der Waals surface area contributed by atoms with E-state index in [0.717, 1.165) is 0 Å². The fourth-order valence-electron chi connectivity index (χ4n) is 2.58. The first-order valence-electron chi connectivity index (χ1n) is 8.56. The summed E-state index contributed by atoms with van der Waals surface area (Å²) in [7, 11) is -1.96. The minimum absolute atomic E-state index is 0.149. The zero-order valence-corrected chi connectivity index (χ0v) is 16.2. The standard InChI is InChI=1S/C18H18N4O6S/c1-19-17(24)12-2-5-14(6-3-12)20-16(23)11-28-18(25)13-4-7-15-21-29(26,27)9-8-22(15)10-13/h2-7,10H,8-9,11H2,1H3,(H,19,24)(H,20,23). The Morgan fingerprint density at radius 3 is 2.59 bits per heavy atom. The number of ether oxygens (including phenoxy) is 1. The molecule has 2 aliphatic rings. The maximum atomic E-state index is 12.2. The Balaban J connectivity index is 1.53. The molecule has 0 unspecified atom stereocenters. The van der Waals surface area contributed by atoms with Gasteiger partial charge in [0.15, 0.2) is 6.61 Å². The van der Waals surface area contributed by atoms with Crippen molar-refractivity contribution in [3.05, 3.63) is 53.8 Å². The molecule has 0 bridgehead atoms. The van der Waals surface area contributed by atoms with Crippen LogP contribution in [0.25, 0.3) is 0 Å². The third-order valence-electron chi connectivity index (χ3n) is 4.05. The average Bonchev–Trinajstić information content (AvgIpc) is 2.71. The van der Waals surface area contributed by atoms with E-state index in [9.17, 15) is 22.8 Å². The average molecular weight is 418 g/mol. The molecule has 11 heteroatoms. The number of rotatable bonds is 5. The molecule has 2 aliphatic heterocycles. The fraction of sp³-hybridized carbons (Fsp3) is 0.222. The van der Waals surface area contributed by atoms with Crippen LogP contribution in [0.4, 0.5) is 5.69 Å². The van der Waals surface area contributed by atoms with Crippen LogP contribution in [-0.4, -0.2) is 62.9 Å². The molecule has 1 aromatic carbocycles. The third-order valence-corrected chi connectivity index (χ3v) is 5.22. The monoisotopic (exact) mass is 418 g/mol. The Bertz CT molecular complexity index is 1040. The number of carbonyl (C=O) groups is 3. The second-order valence-corrected chi connectivity index (χ2v) is 7.88. The summed E-state index contributed by atoms with van der Waals surface area (Å²) in [6.07, 6.45) is 4.22. The van der Waals surface area contributed by atoms with E-state index >= 15 is 0 Å². The van der Waals surface area contributed by atoms with Crippen LogP contribution in [0, 0.1) is 0 Å². The van der Waals surface area contributed by atoms with Crippen molar-refractivity contribution in [1.82, 2.24) is 10.2 Å². The molecule has 10 nitrogen and oxygen atoms in total. The number of nitrogens with one attached hydrogen (secondary N) is 2. The molecule has 0 saturated heterocycles. The van der Waals surface area contributed by atoms with Gasteiger partial charge in [-0.05, 0) is 36.4 Å². The number of hydrogen-bond donors (Lipinski definition) is 2. The van der Waals surface area contributed by atoms with Crippen LogP contribution in [0.1, 0.15) is 10.4 Å². The van der Waals surface area contributed by atoms with Crippen molar-refractivity contribution in [1.29, 1.82) is 0 Å². The topological polar surface area (TPSA) is 134 Å². The molecule has 0 aliphatic carbocycles. The molecule has 0 radical (unpaired) electrons. The normalized spacial score (nSPS) is 16.8. The van der Waals surface area contributed by atoms with Crippen LogP contribution in [0.5, 0.6) is 0 Å². The van der Waals surface area contributed by atoms with Gasteiger partial charge >= 0.3 is 5.97 Å². The van der Waals surface area contributed by atoms with E-state index in [4.69, 9.17) is 4.74 Å². The van der Waals surface area contributed by atoms with Crippen molar-refractivity contribution in [2.75, 3.05) is 31.3 Å². The molecule has 152 valence electrons. The van der Waals surface area contributed by atoms with Gasteiger partial charge in [-0.25, -0.2) is 13.2 Å². The lowest BCUT2D eigenvalue weighted by molar-refractivity contribution is -0.143. The number of benzene rings is 1. The maximum Gasteiger partial charge on any atom is 0.340 e. The van der Waals surface area contributed by atoms with Crippen molar-refractivity contribution >= 4 is 39.3 Å². The number of carbonyl (C=O) groups excluding carboxylic acids is 3. The van der Waals surface area contributed by atoms with Gasteiger partial charge in [0.25, 0.3) is 21.8 Å². The fourth-order valence-corrected chi connectivity index (χ4v) is 3.55. The summed E-state index contributed by atoms with van der Waals surface area (Å²) in [5, 5.41) is 5.05. The second kappa shape index (κ2) is 8.27. The smallest absolute Gasteiger partial charge is 0.340 e. The maximum absolute atomic E-state index is 12.2. The highest BCUT2D eigenvalue weighted by molar-refractivity contribution is 7.90. The predicted octanol–water partition coefficient (Wildman–Crippen LogP) is 0.0255. The zero-order valence-electron chi connectivity index (χ0n) is 15.4. The van der Waals surface area contributed by atoms with Crippen LogP contribution in [0.2, 0.25) is 0 Å². The summed E-state index contributed by atoms with van der Waals surface area (Å²) in [6.45, 7) is -0.328. The minimum atomic E-state index is -3.48. The molecule has 2 N–H and O–H groups in total. The number of amides is 2. The number of anilines is 1. The molecule has 0 aromatic heterocycles. The van der Waals surface area contributed by atoms with Gasteiger partial charge in [0.05, 0.1) is 11.3 Å². The second-order valence-electron chi connectivity index (χ2n) is 6.13. The summed E-state index contributed by atoms with van der Waals surface area (Å²) < 4.78 is 31.6. The Hall–Kier alpha value is -3.47. The van der Waals surface area contributed by atoms with Gasteiger partial charge in [-0.2, -0.15) is 0 Å². The quantitative estimate of drug-likeness (QED) is 0.644. The lowest BCUT2D eigenvalue weighted by Crippen LogP contribution is -2.37. The van der Waals surface area contributed by atoms with E-state index in [1.54, 1.807) is 24.3 Å². The summed E-state index contributed by atoms with van der Waals surface area (Å²) in [6, 6.07) is 6.22. The van der Waals surface area contributed by atoms with E-state index in [1.165, 1.54) is 30.3 Å². The zero-order chi connectivity index (χ0) is 21.0. The van der Waals surface area contributed by atoms with E-state index in [1.807, 2.05) is 0 Å². The summed E-state index contributed by atoms with van der Waals surface area (Å²) in [4.78, 5) is 37.2. The van der Waals surface area contributed by atoms with Crippen LogP contribution in [0.15, 0.2) is 52.6 Å². The lowest BCUT2D eigenvalue weighted by atomic mass is 10.2. The summed E-state index contributed by atoms with van der Waals surface area (Å²) in [5.74, 6) is -1.43. The molecule has 3 rings (SSSR count). The van der Waals surface area contributed by atoms with Gasteiger partial charge in [0.2, 0.25) is 0 Å². The molecule has 29 heavy (non-hydrogen) atoms. The van der Waals surface area contributed by atoms with Crippen molar-refractivity contribution in [3.8, 4) is 0 Å². The predicted molar refractivity (Wildman–Crippen MR) is 105 cm³/mol. The number of sulfonamides is 1. The first-order valence-corrected chi connectivity index (χ1v) is 10.2. The number of fused-ring (bicyclic) bond motifs is 1. The van der Waals surface area contributed by atoms with Crippen LogP contribution >= 0.6 is 0 Å². The number of nitrogens with zero attached hydrogens (tertiary/aromatic N) is 2. The molecular formula is C18H18N4O6S. The number of esters is 1.